The van der Waals surface area contributed by atoms with Crippen LogP contribution in [0.1, 0.15) is 12.8 Å². The number of unbranched alkanes of at least 4 members (excludes halogenated alkanes) is 1. The number of anilines is 1. The van der Waals surface area contributed by atoms with Gasteiger partial charge in [0, 0.05) is 11.6 Å². The summed E-state index contributed by atoms with van der Waals surface area (Å²) in [5, 5.41) is 0.0849. The van der Waals surface area contributed by atoms with Crippen LogP contribution < -0.4 is 10.5 Å². The monoisotopic (exact) mass is 326 g/mol. The van der Waals surface area contributed by atoms with Gasteiger partial charge in [0.25, 0.3) is 0 Å². The topological polar surface area (TPSA) is 72.2 Å². The van der Waals surface area contributed by atoms with Crippen LogP contribution in [0, 0.1) is 5.82 Å². The minimum atomic E-state index is -3.92. The predicted molar refractivity (Wildman–Crippen MR) is 78.6 cm³/mol. The summed E-state index contributed by atoms with van der Waals surface area (Å²) in [6.45, 7) is 0.259. The highest BCUT2D eigenvalue weighted by molar-refractivity contribution is 7.98. The van der Waals surface area contributed by atoms with Crippen LogP contribution >= 0.6 is 23.4 Å². The van der Waals surface area contributed by atoms with Gasteiger partial charge in [-0.05, 0) is 37.0 Å². The van der Waals surface area contributed by atoms with Crippen LogP contribution in [0.5, 0.6) is 0 Å². The van der Waals surface area contributed by atoms with Crippen molar-refractivity contribution in [2.75, 3.05) is 24.3 Å². The molecule has 0 aromatic heterocycles. The first-order chi connectivity index (χ1) is 8.88. The van der Waals surface area contributed by atoms with Crippen LogP contribution in [0.2, 0.25) is 5.02 Å². The molecule has 1 rings (SSSR count). The van der Waals surface area contributed by atoms with Crippen molar-refractivity contribution in [3.8, 4) is 0 Å². The molecule has 0 radical (unpaired) electrons. The van der Waals surface area contributed by atoms with E-state index in [2.05, 4.69) is 4.72 Å². The molecular formula is C11H16ClFN2O2S2. The van der Waals surface area contributed by atoms with E-state index in [1.165, 1.54) is 6.07 Å². The second kappa shape index (κ2) is 7.33. The van der Waals surface area contributed by atoms with Gasteiger partial charge in [0.2, 0.25) is 10.0 Å². The summed E-state index contributed by atoms with van der Waals surface area (Å²) in [5.41, 5.74) is 5.08. The zero-order chi connectivity index (χ0) is 14.5. The zero-order valence-electron chi connectivity index (χ0n) is 10.4. The molecule has 0 spiro atoms. The van der Waals surface area contributed by atoms with Gasteiger partial charge in [-0.1, -0.05) is 11.6 Å². The van der Waals surface area contributed by atoms with Crippen LogP contribution in [0.4, 0.5) is 10.1 Å². The molecular weight excluding hydrogens is 311 g/mol. The lowest BCUT2D eigenvalue weighted by Crippen LogP contribution is -2.26. The van der Waals surface area contributed by atoms with Gasteiger partial charge in [0.15, 0.2) is 5.82 Å². The normalized spacial score (nSPS) is 11.7. The van der Waals surface area contributed by atoms with Crippen LogP contribution in [-0.4, -0.2) is 27.0 Å². The quantitative estimate of drug-likeness (QED) is 0.596. The Kier molecular flexibility index (Phi) is 6.38. The molecule has 0 aliphatic heterocycles. The van der Waals surface area contributed by atoms with Gasteiger partial charge in [-0.3, -0.25) is 0 Å². The molecule has 3 N–H and O–H groups in total. The first-order valence-electron chi connectivity index (χ1n) is 5.61. The predicted octanol–water partition coefficient (Wildman–Crippen LogP) is 2.48. The highest BCUT2D eigenvalue weighted by Gasteiger charge is 2.21. The highest BCUT2D eigenvalue weighted by Crippen LogP contribution is 2.25. The molecule has 0 atom stereocenters. The number of nitrogens with one attached hydrogen (secondary N) is 1. The van der Waals surface area contributed by atoms with E-state index in [4.69, 9.17) is 17.3 Å². The van der Waals surface area contributed by atoms with E-state index in [1.807, 2.05) is 6.26 Å². The average molecular weight is 327 g/mol. The van der Waals surface area contributed by atoms with Crippen molar-refractivity contribution in [3.05, 3.63) is 23.0 Å². The third kappa shape index (κ3) is 4.83. The second-order valence-corrected chi connectivity index (χ2v) is 7.06. The number of hydrogen-bond acceptors (Lipinski definition) is 4. The molecule has 19 heavy (non-hydrogen) atoms. The molecule has 0 aliphatic carbocycles. The Labute approximate surface area is 121 Å². The lowest BCUT2D eigenvalue weighted by atomic mass is 10.3. The Morgan fingerprint density at radius 3 is 2.74 bits per heavy atom. The van der Waals surface area contributed by atoms with Crippen molar-refractivity contribution in [2.24, 2.45) is 0 Å². The average Bonchev–Trinajstić information content (AvgIpc) is 2.33. The van der Waals surface area contributed by atoms with E-state index < -0.39 is 20.7 Å². The third-order valence-corrected chi connectivity index (χ3v) is 4.76. The molecule has 108 valence electrons. The number of hydrogen-bond donors (Lipinski definition) is 2. The van der Waals surface area contributed by atoms with Gasteiger partial charge in [0.1, 0.15) is 4.90 Å². The molecule has 4 nitrogen and oxygen atoms in total. The van der Waals surface area contributed by atoms with E-state index >= 15 is 0 Å². The van der Waals surface area contributed by atoms with Crippen LogP contribution in [0.25, 0.3) is 0 Å². The van der Waals surface area contributed by atoms with E-state index in [9.17, 15) is 12.8 Å². The van der Waals surface area contributed by atoms with Crippen LogP contribution in [-0.2, 0) is 10.0 Å². The lowest BCUT2D eigenvalue weighted by molar-refractivity contribution is 0.557. The maximum atomic E-state index is 13.7. The Balaban J connectivity index is 2.78. The summed E-state index contributed by atoms with van der Waals surface area (Å²) in [6.07, 6.45) is 3.57. The van der Waals surface area contributed by atoms with Crippen molar-refractivity contribution < 1.29 is 12.8 Å². The number of halogens is 2. The van der Waals surface area contributed by atoms with Crippen molar-refractivity contribution >= 4 is 39.1 Å². The third-order valence-electron chi connectivity index (χ3n) is 2.39. The molecule has 0 saturated heterocycles. The maximum Gasteiger partial charge on any atom is 0.243 e. The first kappa shape index (κ1) is 16.6. The summed E-state index contributed by atoms with van der Waals surface area (Å²) in [5.74, 6) is -0.0127. The Morgan fingerprint density at radius 1 is 1.42 bits per heavy atom. The number of sulfonamides is 1. The zero-order valence-corrected chi connectivity index (χ0v) is 12.8. The van der Waals surface area contributed by atoms with Gasteiger partial charge in [-0.25, -0.2) is 17.5 Å². The number of benzene rings is 1. The first-order valence-corrected chi connectivity index (χ1v) is 8.87. The van der Waals surface area contributed by atoms with Gasteiger partial charge in [-0.15, -0.1) is 0 Å². The smallest absolute Gasteiger partial charge is 0.243 e. The van der Waals surface area contributed by atoms with Gasteiger partial charge >= 0.3 is 0 Å². The molecule has 0 saturated carbocycles. The summed E-state index contributed by atoms with van der Waals surface area (Å²) >= 11 is 7.38. The summed E-state index contributed by atoms with van der Waals surface area (Å²) < 4.78 is 39.9. The number of rotatable bonds is 7. The standard InChI is InChI=1S/C11H16ClFN2O2S2/c1-18-5-3-2-4-15-19(16,17)10-7-8(12)6-9(14)11(10)13/h6-7,15H,2-5,14H2,1H3. The number of nitrogens with two attached hydrogens (primary N) is 1. The molecule has 0 amide bonds. The Hall–Kier alpha value is -0.500. The summed E-state index contributed by atoms with van der Waals surface area (Å²) in [4.78, 5) is -0.512. The van der Waals surface area contributed by atoms with E-state index in [0.29, 0.717) is 6.42 Å². The van der Waals surface area contributed by atoms with E-state index in [1.54, 1.807) is 11.8 Å². The fraction of sp³-hybridized carbons (Fsp3) is 0.455. The van der Waals surface area contributed by atoms with Gasteiger partial charge < -0.3 is 5.73 Å². The lowest BCUT2D eigenvalue weighted by Gasteiger charge is -2.09. The molecule has 0 fully saturated rings. The second-order valence-electron chi connectivity index (χ2n) is 3.90. The van der Waals surface area contributed by atoms with Gasteiger partial charge in [0.05, 0.1) is 5.69 Å². The molecule has 0 bridgehead atoms. The number of nitrogen functional groups attached to an aromatic ring is 1. The van der Waals surface area contributed by atoms with Crippen molar-refractivity contribution in [3.63, 3.8) is 0 Å². The summed E-state index contributed by atoms with van der Waals surface area (Å²) in [7, 11) is -3.92. The van der Waals surface area contributed by atoms with Crippen LogP contribution in [0.15, 0.2) is 17.0 Å². The highest BCUT2D eigenvalue weighted by atomic mass is 35.5. The fourth-order valence-electron chi connectivity index (χ4n) is 1.44. The van der Waals surface area contributed by atoms with Crippen molar-refractivity contribution in [2.45, 2.75) is 17.7 Å². The largest absolute Gasteiger partial charge is 0.396 e. The Morgan fingerprint density at radius 2 is 2.11 bits per heavy atom. The summed E-state index contributed by atoms with van der Waals surface area (Å²) in [6, 6.07) is 2.23. The van der Waals surface area contributed by atoms with Crippen molar-refractivity contribution in [1.82, 2.24) is 4.72 Å². The molecule has 0 unspecified atom stereocenters. The SMILES string of the molecule is CSCCCCNS(=O)(=O)c1cc(Cl)cc(N)c1F. The van der Waals surface area contributed by atoms with E-state index in [-0.39, 0.29) is 17.3 Å². The number of thioether (sulfide) groups is 1. The molecule has 0 heterocycles. The minimum absolute atomic E-state index is 0.0849. The molecule has 1 aromatic rings. The van der Waals surface area contributed by atoms with E-state index in [0.717, 1.165) is 18.2 Å². The fourth-order valence-corrected chi connectivity index (χ4v) is 3.42. The molecule has 1 aromatic carbocycles. The molecule has 0 aliphatic rings. The maximum absolute atomic E-state index is 13.7. The van der Waals surface area contributed by atoms with Crippen molar-refractivity contribution in [1.29, 1.82) is 0 Å². The Bertz CT molecular complexity index is 538. The molecule has 8 heteroatoms. The van der Waals surface area contributed by atoms with Crippen LogP contribution in [0.3, 0.4) is 0 Å². The minimum Gasteiger partial charge on any atom is -0.396 e. The van der Waals surface area contributed by atoms with Gasteiger partial charge in [-0.2, -0.15) is 11.8 Å².